The standard InChI is InChI=1S/C54H80O6/c1-4-7-10-13-16-19-22-25-26-27-30-32-35-38-41-44-47-53(56)59-50-51(60-54(57)48-45-42-39-36-33-29-24-21-18-15-12-9-6-3)49-58-52(55)46-43-40-37-34-31-28-23-20-17-14-11-8-5-2/h7,9-10,12,15-16,18-19,21,24-26,28-33,36-41,51H,4-6,8,11,13-14,17,20,22-23,27,34-35,42-50H2,1-3H3/b10-7+,12-9+,18-15+,19-16+,24-21+,26-25+,31-28+,32-30+,33-29+,39-36+,40-37+,41-38+. The lowest BCUT2D eigenvalue weighted by Gasteiger charge is -2.18. The average molecular weight is 825 g/mol. The summed E-state index contributed by atoms with van der Waals surface area (Å²) in [5.74, 6) is -1.21. The van der Waals surface area contributed by atoms with Crippen LogP contribution in [-0.4, -0.2) is 37.2 Å². The number of carbonyl (C=O) groups is 3. The molecule has 6 heteroatoms. The number of hydrogen-bond acceptors (Lipinski definition) is 6. The Balaban J connectivity index is 4.71. The van der Waals surface area contributed by atoms with Crippen LogP contribution in [0.1, 0.15) is 156 Å². The Morgan fingerprint density at radius 1 is 0.367 bits per heavy atom. The molecule has 0 aromatic rings. The van der Waals surface area contributed by atoms with E-state index in [1.54, 1.807) is 0 Å². The summed E-state index contributed by atoms with van der Waals surface area (Å²) in [5.41, 5.74) is 0. The summed E-state index contributed by atoms with van der Waals surface area (Å²) in [5, 5.41) is 0. The first kappa shape index (κ1) is 55.3. The molecule has 0 aliphatic carbocycles. The van der Waals surface area contributed by atoms with E-state index < -0.39 is 18.0 Å². The molecule has 0 bridgehead atoms. The minimum absolute atomic E-state index is 0.167. The van der Waals surface area contributed by atoms with Crippen molar-refractivity contribution in [3.05, 3.63) is 146 Å². The monoisotopic (exact) mass is 825 g/mol. The summed E-state index contributed by atoms with van der Waals surface area (Å²) in [4.78, 5) is 37.7. The Morgan fingerprint density at radius 3 is 1.27 bits per heavy atom. The Bertz CT molecular complexity index is 1410. The molecular formula is C54H80O6. The fourth-order valence-electron chi connectivity index (χ4n) is 5.34. The highest BCUT2D eigenvalue weighted by Gasteiger charge is 2.19. The minimum Gasteiger partial charge on any atom is -0.462 e. The molecule has 0 saturated heterocycles. The fraction of sp³-hybridized carbons (Fsp3) is 0.500. The molecular weight excluding hydrogens is 745 g/mol. The van der Waals surface area contributed by atoms with Crippen LogP contribution < -0.4 is 0 Å². The Hall–Kier alpha value is -4.71. The van der Waals surface area contributed by atoms with E-state index in [0.717, 1.165) is 51.4 Å². The van der Waals surface area contributed by atoms with Gasteiger partial charge in [0.15, 0.2) is 6.10 Å². The van der Waals surface area contributed by atoms with Crippen molar-refractivity contribution in [1.29, 1.82) is 0 Å². The summed E-state index contributed by atoms with van der Waals surface area (Å²) in [6.45, 7) is 6.14. The second-order valence-corrected chi connectivity index (χ2v) is 14.3. The van der Waals surface area contributed by atoms with Crippen LogP contribution in [0.4, 0.5) is 0 Å². The number of unbranched alkanes of at least 4 members (excludes halogenated alkanes) is 7. The van der Waals surface area contributed by atoms with Crippen LogP contribution in [0.2, 0.25) is 0 Å². The van der Waals surface area contributed by atoms with Crippen molar-refractivity contribution >= 4 is 17.9 Å². The summed E-state index contributed by atoms with van der Waals surface area (Å²) in [6.07, 6.45) is 67.2. The normalized spacial score (nSPS) is 13.4. The molecule has 0 rings (SSSR count). The maximum Gasteiger partial charge on any atom is 0.306 e. The van der Waals surface area contributed by atoms with Gasteiger partial charge in [-0.2, -0.15) is 0 Å². The number of esters is 3. The van der Waals surface area contributed by atoms with E-state index >= 15 is 0 Å². The van der Waals surface area contributed by atoms with Crippen LogP contribution in [-0.2, 0) is 28.6 Å². The maximum atomic E-state index is 12.7. The molecule has 1 unspecified atom stereocenters. The summed E-state index contributed by atoms with van der Waals surface area (Å²) in [6, 6.07) is 0. The minimum atomic E-state index is -0.872. The molecule has 0 radical (unpaired) electrons. The number of rotatable bonds is 38. The zero-order valence-corrected chi connectivity index (χ0v) is 37.6. The van der Waals surface area contributed by atoms with E-state index in [2.05, 4.69) is 93.7 Å². The molecule has 332 valence electrons. The third-order valence-electron chi connectivity index (χ3n) is 8.71. The van der Waals surface area contributed by atoms with Crippen LogP contribution in [0.3, 0.4) is 0 Å². The van der Waals surface area contributed by atoms with Crippen LogP contribution in [0.5, 0.6) is 0 Å². The van der Waals surface area contributed by atoms with Crippen molar-refractivity contribution in [2.24, 2.45) is 0 Å². The third-order valence-corrected chi connectivity index (χ3v) is 8.71. The van der Waals surface area contributed by atoms with Gasteiger partial charge in [-0.15, -0.1) is 0 Å². The van der Waals surface area contributed by atoms with Gasteiger partial charge in [0.25, 0.3) is 0 Å². The lowest BCUT2D eigenvalue weighted by atomic mass is 10.1. The average Bonchev–Trinajstić information content (AvgIpc) is 3.24. The second-order valence-electron chi connectivity index (χ2n) is 14.3. The van der Waals surface area contributed by atoms with Gasteiger partial charge in [-0.3, -0.25) is 14.4 Å². The van der Waals surface area contributed by atoms with E-state index in [-0.39, 0.29) is 38.4 Å². The van der Waals surface area contributed by atoms with Crippen molar-refractivity contribution in [2.75, 3.05) is 13.2 Å². The molecule has 0 saturated carbocycles. The van der Waals surface area contributed by atoms with Gasteiger partial charge in [0.2, 0.25) is 0 Å². The van der Waals surface area contributed by atoms with Gasteiger partial charge in [-0.1, -0.05) is 199 Å². The number of hydrogen-bond donors (Lipinski definition) is 0. The molecule has 0 N–H and O–H groups in total. The summed E-state index contributed by atoms with van der Waals surface area (Å²) in [7, 11) is 0. The lowest BCUT2D eigenvalue weighted by molar-refractivity contribution is -0.166. The quantitative estimate of drug-likeness (QED) is 0.0203. The molecule has 60 heavy (non-hydrogen) atoms. The van der Waals surface area contributed by atoms with Crippen LogP contribution >= 0.6 is 0 Å². The number of allylic oxidation sites excluding steroid dienone is 24. The predicted octanol–water partition coefficient (Wildman–Crippen LogP) is 14.9. The highest BCUT2D eigenvalue weighted by molar-refractivity contribution is 5.71. The molecule has 1 atom stereocenters. The largest absolute Gasteiger partial charge is 0.462 e. The first-order chi connectivity index (χ1) is 29.5. The molecule has 6 nitrogen and oxygen atoms in total. The van der Waals surface area contributed by atoms with Crippen molar-refractivity contribution < 1.29 is 28.6 Å². The van der Waals surface area contributed by atoms with Crippen molar-refractivity contribution in [3.8, 4) is 0 Å². The van der Waals surface area contributed by atoms with E-state index in [1.165, 1.54) is 38.5 Å². The first-order valence-electron chi connectivity index (χ1n) is 22.9. The van der Waals surface area contributed by atoms with Crippen LogP contribution in [0.25, 0.3) is 0 Å². The highest BCUT2D eigenvalue weighted by Crippen LogP contribution is 2.09. The zero-order chi connectivity index (χ0) is 43.7. The van der Waals surface area contributed by atoms with Gasteiger partial charge < -0.3 is 14.2 Å². The fourth-order valence-corrected chi connectivity index (χ4v) is 5.34. The zero-order valence-electron chi connectivity index (χ0n) is 37.6. The number of ether oxygens (including phenoxy) is 3. The Morgan fingerprint density at radius 2 is 0.767 bits per heavy atom. The highest BCUT2D eigenvalue weighted by atomic mass is 16.6. The third kappa shape index (κ3) is 44.4. The summed E-state index contributed by atoms with van der Waals surface area (Å²) < 4.78 is 16.5. The van der Waals surface area contributed by atoms with Crippen LogP contribution in [0.15, 0.2) is 146 Å². The molecule has 0 aromatic carbocycles. The van der Waals surface area contributed by atoms with E-state index in [4.69, 9.17) is 14.2 Å². The molecule has 0 heterocycles. The Labute approximate surface area is 366 Å². The topological polar surface area (TPSA) is 78.9 Å². The van der Waals surface area contributed by atoms with Gasteiger partial charge in [-0.05, 0) is 83.5 Å². The van der Waals surface area contributed by atoms with Gasteiger partial charge in [0, 0.05) is 19.3 Å². The predicted molar refractivity (Wildman–Crippen MR) is 255 cm³/mol. The molecule has 0 aromatic heterocycles. The lowest BCUT2D eigenvalue weighted by Crippen LogP contribution is -2.30. The first-order valence-corrected chi connectivity index (χ1v) is 22.9. The van der Waals surface area contributed by atoms with Gasteiger partial charge >= 0.3 is 17.9 Å². The van der Waals surface area contributed by atoms with Gasteiger partial charge in [0.05, 0.1) is 0 Å². The molecule has 0 amide bonds. The van der Waals surface area contributed by atoms with Crippen molar-refractivity contribution in [2.45, 2.75) is 162 Å². The summed E-state index contributed by atoms with van der Waals surface area (Å²) >= 11 is 0. The smallest absolute Gasteiger partial charge is 0.306 e. The van der Waals surface area contributed by atoms with E-state index in [1.807, 2.05) is 72.9 Å². The van der Waals surface area contributed by atoms with Crippen LogP contribution in [0, 0.1) is 0 Å². The van der Waals surface area contributed by atoms with Gasteiger partial charge in [-0.25, -0.2) is 0 Å². The van der Waals surface area contributed by atoms with Crippen molar-refractivity contribution in [3.63, 3.8) is 0 Å². The molecule has 0 aliphatic rings. The maximum absolute atomic E-state index is 12.7. The van der Waals surface area contributed by atoms with E-state index in [0.29, 0.717) is 25.7 Å². The number of carbonyl (C=O) groups excluding carboxylic acids is 3. The molecule has 0 spiro atoms. The molecule has 0 fully saturated rings. The SMILES string of the molecule is CC/C=C/C=C/C=C/C=C/C=C/CCCC(=O)OC(COC(=O)CC/C=C/C/C=C/C/C=C/C/C=C/C/C=C/CC)COC(=O)CC/C=C/C/C=C/CCCCCCCC. The van der Waals surface area contributed by atoms with Gasteiger partial charge in [0.1, 0.15) is 13.2 Å². The molecule has 0 aliphatic heterocycles. The van der Waals surface area contributed by atoms with E-state index in [9.17, 15) is 14.4 Å². The Kier molecular flexibility index (Phi) is 43.3. The van der Waals surface area contributed by atoms with Crippen molar-refractivity contribution in [1.82, 2.24) is 0 Å². The second kappa shape index (κ2) is 47.0.